The Hall–Kier alpha value is -0.820. The van der Waals surface area contributed by atoms with Gasteiger partial charge in [0.2, 0.25) is 0 Å². The lowest BCUT2D eigenvalue weighted by Gasteiger charge is -2.24. The van der Waals surface area contributed by atoms with Crippen molar-refractivity contribution < 1.29 is 0 Å². The Bertz CT molecular complexity index is 320. The van der Waals surface area contributed by atoms with E-state index < -0.39 is 0 Å². The minimum Gasteiger partial charge on any atom is -0.325 e. The molecule has 0 heterocycles. The van der Waals surface area contributed by atoms with Crippen LogP contribution in [0.3, 0.4) is 0 Å². The van der Waals surface area contributed by atoms with Crippen LogP contribution in [-0.2, 0) is 12.8 Å². The molecule has 82 valence electrons. The summed E-state index contributed by atoms with van der Waals surface area (Å²) in [5.41, 5.74) is 9.12. The summed E-state index contributed by atoms with van der Waals surface area (Å²) in [6, 6.07) is 8.90. The largest absolute Gasteiger partial charge is 0.325 e. The van der Waals surface area contributed by atoms with Crippen LogP contribution in [-0.4, -0.2) is 5.54 Å². The summed E-state index contributed by atoms with van der Waals surface area (Å²) in [5, 5.41) is 0. The first-order valence-electron chi connectivity index (χ1n) is 5.98. The van der Waals surface area contributed by atoms with Gasteiger partial charge >= 0.3 is 0 Å². The number of hydrogen-bond donors (Lipinski definition) is 1. The maximum absolute atomic E-state index is 6.32. The third kappa shape index (κ3) is 2.60. The van der Waals surface area contributed by atoms with Crippen molar-refractivity contribution in [3.05, 3.63) is 35.4 Å². The fourth-order valence-electron chi connectivity index (χ4n) is 2.22. The number of hydrogen-bond acceptors (Lipinski definition) is 1. The predicted octanol–water partition coefficient (Wildman–Crippen LogP) is 2.92. The first kappa shape index (κ1) is 10.7. The lowest BCUT2D eigenvalue weighted by atomic mass is 9.89. The first-order valence-corrected chi connectivity index (χ1v) is 5.98. The molecule has 1 aliphatic carbocycles. The van der Waals surface area contributed by atoms with E-state index in [-0.39, 0.29) is 5.54 Å². The summed E-state index contributed by atoms with van der Waals surface area (Å²) in [4.78, 5) is 0. The highest BCUT2D eigenvalue weighted by Gasteiger charge is 2.38. The molecule has 0 saturated heterocycles. The molecule has 2 N–H and O–H groups in total. The average Bonchev–Trinajstić information content (AvgIpc) is 3.01. The summed E-state index contributed by atoms with van der Waals surface area (Å²) < 4.78 is 0. The molecule has 1 atom stereocenters. The summed E-state index contributed by atoms with van der Waals surface area (Å²) >= 11 is 0. The molecule has 0 spiro atoms. The first-order chi connectivity index (χ1) is 7.12. The fourth-order valence-corrected chi connectivity index (χ4v) is 2.22. The third-order valence-corrected chi connectivity index (χ3v) is 3.53. The van der Waals surface area contributed by atoms with Gasteiger partial charge in [0, 0.05) is 5.54 Å². The van der Waals surface area contributed by atoms with Crippen LogP contribution in [0.1, 0.15) is 37.8 Å². The molecular formula is C14H21N. The van der Waals surface area contributed by atoms with Gasteiger partial charge in [-0.25, -0.2) is 0 Å². The second-order valence-electron chi connectivity index (χ2n) is 5.13. The van der Waals surface area contributed by atoms with Crippen LogP contribution in [0.15, 0.2) is 24.3 Å². The number of rotatable bonds is 4. The number of benzene rings is 1. The molecular weight excluding hydrogens is 182 g/mol. The summed E-state index contributed by atoms with van der Waals surface area (Å²) in [6.07, 6.45) is 4.77. The molecule has 1 saturated carbocycles. The number of nitrogens with two attached hydrogens (primary N) is 1. The van der Waals surface area contributed by atoms with Gasteiger partial charge in [-0.05, 0) is 49.7 Å². The van der Waals surface area contributed by atoms with Gasteiger partial charge in [-0.2, -0.15) is 0 Å². The Kier molecular flexibility index (Phi) is 2.83. The molecule has 15 heavy (non-hydrogen) atoms. The highest BCUT2D eigenvalue weighted by atomic mass is 14.8. The molecule has 0 aliphatic heterocycles. The molecule has 1 aliphatic rings. The Morgan fingerprint density at radius 2 is 1.73 bits per heavy atom. The maximum Gasteiger partial charge on any atom is 0.0195 e. The zero-order valence-electron chi connectivity index (χ0n) is 9.79. The molecule has 0 amide bonds. The van der Waals surface area contributed by atoms with Crippen molar-refractivity contribution in [1.82, 2.24) is 0 Å². The molecule has 0 bridgehead atoms. The summed E-state index contributed by atoms with van der Waals surface area (Å²) in [7, 11) is 0. The molecule has 2 rings (SSSR count). The van der Waals surface area contributed by atoms with Gasteiger partial charge in [-0.15, -0.1) is 0 Å². The standard InChI is InChI=1S/C14H21N/c1-3-11-4-6-12(7-5-11)10-14(2,15)13-8-9-13/h4-7,13H,3,8-10,15H2,1-2H3. The van der Waals surface area contributed by atoms with Gasteiger partial charge in [0.25, 0.3) is 0 Å². The second-order valence-corrected chi connectivity index (χ2v) is 5.13. The van der Waals surface area contributed by atoms with Crippen LogP contribution in [0, 0.1) is 5.92 Å². The molecule has 1 nitrogen and oxygen atoms in total. The van der Waals surface area contributed by atoms with E-state index >= 15 is 0 Å². The van der Waals surface area contributed by atoms with Gasteiger partial charge < -0.3 is 5.73 Å². The minimum atomic E-state index is 0.00767. The summed E-state index contributed by atoms with van der Waals surface area (Å²) in [6.45, 7) is 4.38. The van der Waals surface area contributed by atoms with E-state index in [2.05, 4.69) is 38.1 Å². The van der Waals surface area contributed by atoms with Crippen LogP contribution in [0.5, 0.6) is 0 Å². The average molecular weight is 203 g/mol. The SMILES string of the molecule is CCc1ccc(CC(C)(N)C2CC2)cc1. The molecule has 0 radical (unpaired) electrons. The molecule has 1 fully saturated rings. The quantitative estimate of drug-likeness (QED) is 0.800. The van der Waals surface area contributed by atoms with E-state index in [1.54, 1.807) is 0 Å². The van der Waals surface area contributed by atoms with Crippen LogP contribution < -0.4 is 5.73 Å². The van der Waals surface area contributed by atoms with E-state index in [1.165, 1.54) is 24.0 Å². The Morgan fingerprint density at radius 1 is 1.20 bits per heavy atom. The van der Waals surface area contributed by atoms with Gasteiger partial charge in [0.05, 0.1) is 0 Å². The zero-order valence-corrected chi connectivity index (χ0v) is 9.79. The second kappa shape index (κ2) is 3.97. The lowest BCUT2D eigenvalue weighted by molar-refractivity contribution is 0.406. The Morgan fingerprint density at radius 3 is 2.20 bits per heavy atom. The number of aryl methyl sites for hydroxylation is 1. The van der Waals surface area contributed by atoms with E-state index in [4.69, 9.17) is 5.73 Å². The normalized spacial score (nSPS) is 19.9. The monoisotopic (exact) mass is 203 g/mol. The molecule has 1 heteroatoms. The predicted molar refractivity (Wildman–Crippen MR) is 64.8 cm³/mol. The van der Waals surface area contributed by atoms with Crippen LogP contribution >= 0.6 is 0 Å². The van der Waals surface area contributed by atoms with Gasteiger partial charge in [-0.3, -0.25) is 0 Å². The van der Waals surface area contributed by atoms with E-state index in [9.17, 15) is 0 Å². The third-order valence-electron chi connectivity index (χ3n) is 3.53. The Balaban J connectivity index is 2.03. The smallest absolute Gasteiger partial charge is 0.0195 e. The van der Waals surface area contributed by atoms with Crippen LogP contribution in [0.4, 0.5) is 0 Å². The highest BCUT2D eigenvalue weighted by molar-refractivity contribution is 5.24. The van der Waals surface area contributed by atoms with Crippen molar-refractivity contribution in [2.24, 2.45) is 11.7 Å². The summed E-state index contributed by atoms with van der Waals surface area (Å²) in [5.74, 6) is 0.753. The van der Waals surface area contributed by atoms with Crippen molar-refractivity contribution in [2.75, 3.05) is 0 Å². The van der Waals surface area contributed by atoms with Crippen molar-refractivity contribution in [3.8, 4) is 0 Å². The molecule has 1 unspecified atom stereocenters. The minimum absolute atomic E-state index is 0.00767. The lowest BCUT2D eigenvalue weighted by Crippen LogP contribution is -2.40. The molecule has 0 aromatic heterocycles. The van der Waals surface area contributed by atoms with E-state index in [1.807, 2.05) is 0 Å². The van der Waals surface area contributed by atoms with E-state index in [0.29, 0.717) is 0 Å². The van der Waals surface area contributed by atoms with Crippen molar-refractivity contribution >= 4 is 0 Å². The van der Waals surface area contributed by atoms with Crippen molar-refractivity contribution in [3.63, 3.8) is 0 Å². The Labute approximate surface area is 92.7 Å². The van der Waals surface area contributed by atoms with Gasteiger partial charge in [-0.1, -0.05) is 31.2 Å². The molecule has 1 aromatic carbocycles. The fraction of sp³-hybridized carbons (Fsp3) is 0.571. The molecule has 1 aromatic rings. The van der Waals surface area contributed by atoms with Crippen molar-refractivity contribution in [1.29, 1.82) is 0 Å². The van der Waals surface area contributed by atoms with Crippen LogP contribution in [0.2, 0.25) is 0 Å². The van der Waals surface area contributed by atoms with Crippen LogP contribution in [0.25, 0.3) is 0 Å². The topological polar surface area (TPSA) is 26.0 Å². The van der Waals surface area contributed by atoms with Gasteiger partial charge in [0.15, 0.2) is 0 Å². The maximum atomic E-state index is 6.32. The van der Waals surface area contributed by atoms with Gasteiger partial charge in [0.1, 0.15) is 0 Å². The zero-order chi connectivity index (χ0) is 10.9. The van der Waals surface area contributed by atoms with Crippen molar-refractivity contribution in [2.45, 2.75) is 45.1 Å². The highest BCUT2D eigenvalue weighted by Crippen LogP contribution is 2.39. The van der Waals surface area contributed by atoms with E-state index in [0.717, 1.165) is 18.8 Å².